The lowest BCUT2D eigenvalue weighted by atomic mass is 9.87. The van der Waals surface area contributed by atoms with Crippen molar-refractivity contribution in [3.8, 4) is 11.1 Å². The van der Waals surface area contributed by atoms with Gasteiger partial charge in [-0.2, -0.15) is 14.6 Å². The van der Waals surface area contributed by atoms with E-state index in [0.717, 1.165) is 43.3 Å². The van der Waals surface area contributed by atoms with Gasteiger partial charge in [-0.1, -0.05) is 6.92 Å². The van der Waals surface area contributed by atoms with Crippen LogP contribution >= 0.6 is 0 Å². The molecule has 41 heavy (non-hydrogen) atoms. The minimum absolute atomic E-state index is 0.0378. The molecule has 3 heterocycles. The molecule has 0 bridgehead atoms. The molecule has 2 aliphatic carbocycles. The lowest BCUT2D eigenvalue weighted by molar-refractivity contribution is -0.123. The molecule has 11 nitrogen and oxygen atoms in total. The number of hydrogen-bond donors (Lipinski definition) is 3. The number of anilines is 1. The highest BCUT2D eigenvalue weighted by atomic mass is 32.2. The van der Waals surface area contributed by atoms with E-state index in [-0.39, 0.29) is 53.5 Å². The Labute approximate surface area is 238 Å². The maximum absolute atomic E-state index is 15.3. The number of pyridine rings is 1. The molecule has 13 heteroatoms. The summed E-state index contributed by atoms with van der Waals surface area (Å²) in [7, 11) is -3.27. The number of rotatable bonds is 13. The van der Waals surface area contributed by atoms with Crippen molar-refractivity contribution in [3.05, 3.63) is 47.4 Å². The Morgan fingerprint density at radius 2 is 1.85 bits per heavy atom. The smallest absolute Gasteiger partial charge is 0.272 e. The van der Waals surface area contributed by atoms with Crippen LogP contribution in [-0.4, -0.2) is 75.1 Å². The summed E-state index contributed by atoms with van der Waals surface area (Å²) in [6, 6.07) is 3.77. The lowest BCUT2D eigenvalue weighted by Gasteiger charge is -2.36. The molecule has 2 saturated carbocycles. The number of amides is 2. The van der Waals surface area contributed by atoms with Crippen LogP contribution in [0.4, 0.5) is 10.2 Å². The van der Waals surface area contributed by atoms with E-state index >= 15 is 4.39 Å². The number of aromatic amines is 2. The van der Waals surface area contributed by atoms with Gasteiger partial charge in [-0.3, -0.25) is 19.8 Å². The minimum Gasteiger partial charge on any atom is -0.325 e. The standard InChI is InChI=1S/C28H36FN7O4S/c1-4-20-23(16(2)33-35-20)19-10-11-22(31-26(19)29)32-27(37)25(24(17-6-7-17)18-8-9-18)36(14-5-15-41(3,39)40)28(38)21-12-13-30-34-21/h10-13,17-18,24-25H,4-9,14-15H2,1-3H3,(H,30,34)(H,33,35)(H,31,32,37)/t25-/m0/s1. The largest absolute Gasteiger partial charge is 0.325 e. The number of halogens is 1. The van der Waals surface area contributed by atoms with Gasteiger partial charge in [0.1, 0.15) is 27.4 Å². The number of aryl methyl sites for hydroxylation is 2. The van der Waals surface area contributed by atoms with Crippen LogP contribution in [-0.2, 0) is 21.1 Å². The maximum Gasteiger partial charge on any atom is 0.272 e. The number of carbonyl (C=O) groups is 2. The first-order valence-electron chi connectivity index (χ1n) is 14.1. The van der Waals surface area contributed by atoms with Gasteiger partial charge in [-0.15, -0.1) is 0 Å². The van der Waals surface area contributed by atoms with Crippen LogP contribution in [0.25, 0.3) is 11.1 Å². The van der Waals surface area contributed by atoms with Crippen LogP contribution in [0.1, 0.15) is 60.9 Å². The molecule has 3 aromatic rings. The highest BCUT2D eigenvalue weighted by molar-refractivity contribution is 7.90. The molecule has 0 aromatic carbocycles. The summed E-state index contributed by atoms with van der Waals surface area (Å²) in [5, 5.41) is 16.5. The molecule has 3 aromatic heterocycles. The highest BCUT2D eigenvalue weighted by Gasteiger charge is 2.51. The fourth-order valence-corrected chi connectivity index (χ4v) is 6.42. The normalized spacial score (nSPS) is 16.1. The molecule has 0 unspecified atom stereocenters. The Kier molecular flexibility index (Phi) is 8.25. The minimum atomic E-state index is -3.27. The fraction of sp³-hybridized carbons (Fsp3) is 0.536. The van der Waals surface area contributed by atoms with Crippen molar-refractivity contribution in [1.29, 1.82) is 0 Å². The second-order valence-electron chi connectivity index (χ2n) is 11.2. The van der Waals surface area contributed by atoms with E-state index in [1.165, 1.54) is 17.2 Å². The summed E-state index contributed by atoms with van der Waals surface area (Å²) in [6.07, 6.45) is 7.25. The van der Waals surface area contributed by atoms with Gasteiger partial charge in [-0.05, 0) is 81.4 Å². The topological polar surface area (TPSA) is 154 Å². The summed E-state index contributed by atoms with van der Waals surface area (Å²) in [5.74, 6) is -1.23. The number of hydrogen-bond acceptors (Lipinski definition) is 7. The molecule has 0 saturated heterocycles. The van der Waals surface area contributed by atoms with Gasteiger partial charge in [0.2, 0.25) is 11.9 Å². The Morgan fingerprint density at radius 1 is 1.15 bits per heavy atom. The van der Waals surface area contributed by atoms with Gasteiger partial charge in [0.25, 0.3) is 5.91 Å². The molecule has 220 valence electrons. The third-order valence-electron chi connectivity index (χ3n) is 7.93. The number of carbonyl (C=O) groups excluding carboxylic acids is 2. The Bertz CT molecular complexity index is 1500. The molecule has 0 aliphatic heterocycles. The van der Waals surface area contributed by atoms with E-state index in [4.69, 9.17) is 0 Å². The quantitative estimate of drug-likeness (QED) is 0.259. The van der Waals surface area contributed by atoms with Crippen LogP contribution in [0.3, 0.4) is 0 Å². The molecular weight excluding hydrogens is 549 g/mol. The lowest BCUT2D eigenvalue weighted by Crippen LogP contribution is -2.53. The molecule has 2 fully saturated rings. The Morgan fingerprint density at radius 3 is 2.41 bits per heavy atom. The molecule has 0 spiro atoms. The summed E-state index contributed by atoms with van der Waals surface area (Å²) in [5.41, 5.74) is 2.59. The number of aromatic nitrogens is 5. The van der Waals surface area contributed by atoms with E-state index in [1.807, 2.05) is 13.8 Å². The van der Waals surface area contributed by atoms with Gasteiger partial charge in [0.15, 0.2) is 0 Å². The molecule has 2 amide bonds. The summed E-state index contributed by atoms with van der Waals surface area (Å²) in [4.78, 5) is 33.3. The molecule has 1 atom stereocenters. The van der Waals surface area contributed by atoms with Gasteiger partial charge in [0.05, 0.1) is 11.4 Å². The average molecular weight is 586 g/mol. The van der Waals surface area contributed by atoms with Crippen molar-refractivity contribution < 1.29 is 22.4 Å². The van der Waals surface area contributed by atoms with Crippen LogP contribution < -0.4 is 5.32 Å². The van der Waals surface area contributed by atoms with Crippen molar-refractivity contribution in [2.24, 2.45) is 17.8 Å². The van der Waals surface area contributed by atoms with E-state index < -0.39 is 33.6 Å². The SMILES string of the molecule is CCc1n[nH]c(C)c1-c1ccc(NC(=O)[C@H](C(C2CC2)C2CC2)N(CCCS(C)(=O)=O)C(=O)c2ccn[nH]2)nc1F. The van der Waals surface area contributed by atoms with E-state index in [1.54, 1.807) is 12.1 Å². The van der Waals surface area contributed by atoms with Crippen LogP contribution in [0.2, 0.25) is 0 Å². The molecular formula is C28H36FN7O4S. The molecule has 3 N–H and O–H groups in total. The second-order valence-corrected chi connectivity index (χ2v) is 13.5. The molecule has 0 radical (unpaired) electrons. The zero-order valence-corrected chi connectivity index (χ0v) is 24.3. The van der Waals surface area contributed by atoms with E-state index in [2.05, 4.69) is 30.7 Å². The van der Waals surface area contributed by atoms with Crippen LogP contribution in [0, 0.1) is 30.6 Å². The maximum atomic E-state index is 15.3. The number of nitrogens with one attached hydrogen (secondary N) is 3. The van der Waals surface area contributed by atoms with Crippen molar-refractivity contribution in [2.45, 2.75) is 58.4 Å². The first-order chi connectivity index (χ1) is 19.6. The van der Waals surface area contributed by atoms with Crippen LogP contribution in [0.15, 0.2) is 24.4 Å². The highest BCUT2D eigenvalue weighted by Crippen LogP contribution is 2.52. The zero-order valence-electron chi connectivity index (χ0n) is 23.5. The number of sulfone groups is 1. The third kappa shape index (κ3) is 6.66. The van der Waals surface area contributed by atoms with Crippen molar-refractivity contribution in [2.75, 3.05) is 23.9 Å². The first-order valence-corrected chi connectivity index (χ1v) is 16.1. The van der Waals surface area contributed by atoms with E-state index in [0.29, 0.717) is 12.0 Å². The second kappa shape index (κ2) is 11.7. The fourth-order valence-electron chi connectivity index (χ4n) is 5.76. The average Bonchev–Trinajstić information content (AvgIpc) is 3.85. The summed E-state index contributed by atoms with van der Waals surface area (Å²) < 4.78 is 39.1. The van der Waals surface area contributed by atoms with Crippen LogP contribution in [0.5, 0.6) is 0 Å². The Hall–Kier alpha value is -3.61. The molecule has 2 aliphatic rings. The monoisotopic (exact) mass is 585 g/mol. The van der Waals surface area contributed by atoms with Gasteiger partial charge in [-0.25, -0.2) is 13.4 Å². The predicted molar refractivity (Wildman–Crippen MR) is 151 cm³/mol. The summed E-state index contributed by atoms with van der Waals surface area (Å²) in [6.45, 7) is 3.81. The summed E-state index contributed by atoms with van der Waals surface area (Å²) >= 11 is 0. The zero-order chi connectivity index (χ0) is 29.3. The van der Waals surface area contributed by atoms with Crippen molar-refractivity contribution in [1.82, 2.24) is 30.3 Å². The molecule has 5 rings (SSSR count). The number of nitrogens with zero attached hydrogens (tertiary/aromatic N) is 4. The number of H-pyrrole nitrogens is 2. The van der Waals surface area contributed by atoms with Gasteiger partial charge >= 0.3 is 0 Å². The first kappa shape index (κ1) is 28.9. The van der Waals surface area contributed by atoms with Gasteiger partial charge in [0, 0.05) is 35.8 Å². The Balaban J connectivity index is 1.46. The predicted octanol–water partition coefficient (Wildman–Crippen LogP) is 3.53. The van der Waals surface area contributed by atoms with Crippen molar-refractivity contribution in [3.63, 3.8) is 0 Å². The van der Waals surface area contributed by atoms with Gasteiger partial charge < -0.3 is 10.2 Å². The van der Waals surface area contributed by atoms with E-state index in [9.17, 15) is 18.0 Å². The third-order valence-corrected chi connectivity index (χ3v) is 8.96. The van der Waals surface area contributed by atoms with Crippen molar-refractivity contribution >= 4 is 27.5 Å².